The van der Waals surface area contributed by atoms with E-state index in [-0.39, 0.29) is 21.2 Å². The van der Waals surface area contributed by atoms with Gasteiger partial charge in [-0.25, -0.2) is 8.42 Å². The van der Waals surface area contributed by atoms with E-state index in [2.05, 4.69) is 5.32 Å². The van der Waals surface area contributed by atoms with Gasteiger partial charge in [-0.3, -0.25) is 14.9 Å². The van der Waals surface area contributed by atoms with Crippen molar-refractivity contribution in [3.05, 3.63) is 63.2 Å². The number of sulfonamides is 1. The van der Waals surface area contributed by atoms with Crippen molar-refractivity contribution in [1.29, 1.82) is 0 Å². The summed E-state index contributed by atoms with van der Waals surface area (Å²) in [7, 11) is -3.61. The minimum absolute atomic E-state index is 0.0625. The first-order chi connectivity index (χ1) is 14.1. The third-order valence-corrected chi connectivity index (χ3v) is 7.16. The van der Waals surface area contributed by atoms with Crippen LogP contribution >= 0.6 is 11.6 Å². The number of nitrogens with zero attached hydrogens (tertiary/aromatic N) is 2. The molecule has 1 fully saturated rings. The van der Waals surface area contributed by atoms with E-state index in [1.165, 1.54) is 40.7 Å². The molecule has 1 saturated heterocycles. The molecule has 8 nitrogen and oxygen atoms in total. The van der Waals surface area contributed by atoms with Crippen LogP contribution in [0.2, 0.25) is 5.02 Å². The maximum absolute atomic E-state index is 12.9. The Labute approximate surface area is 180 Å². The third-order valence-electron chi connectivity index (χ3n) is 4.99. The normalized spacial score (nSPS) is 20.0. The van der Waals surface area contributed by atoms with Crippen molar-refractivity contribution in [2.75, 3.05) is 18.4 Å². The van der Waals surface area contributed by atoms with Gasteiger partial charge in [-0.15, -0.1) is 0 Å². The van der Waals surface area contributed by atoms with Crippen LogP contribution in [0.15, 0.2) is 47.4 Å². The number of rotatable bonds is 5. The Morgan fingerprint density at radius 1 is 1.13 bits per heavy atom. The van der Waals surface area contributed by atoms with Crippen LogP contribution in [0.1, 0.15) is 30.6 Å². The fourth-order valence-corrected chi connectivity index (χ4v) is 5.52. The molecule has 0 radical (unpaired) electrons. The number of hydrogen-bond donors (Lipinski definition) is 1. The first-order valence-electron chi connectivity index (χ1n) is 9.43. The molecule has 0 spiro atoms. The van der Waals surface area contributed by atoms with Crippen LogP contribution in [0.4, 0.5) is 11.4 Å². The first-order valence-corrected chi connectivity index (χ1v) is 11.2. The zero-order chi connectivity index (χ0) is 22.1. The van der Waals surface area contributed by atoms with Crippen molar-refractivity contribution >= 4 is 38.9 Å². The van der Waals surface area contributed by atoms with E-state index in [1.54, 1.807) is 0 Å². The highest BCUT2D eigenvalue weighted by Crippen LogP contribution is 2.28. The number of nitro groups is 1. The predicted octanol–water partition coefficient (Wildman–Crippen LogP) is 4.17. The molecule has 1 aliphatic heterocycles. The van der Waals surface area contributed by atoms with Gasteiger partial charge in [0.1, 0.15) is 5.02 Å². The monoisotopic (exact) mass is 451 g/mol. The molecule has 0 aliphatic carbocycles. The zero-order valence-electron chi connectivity index (χ0n) is 16.5. The van der Waals surface area contributed by atoms with Gasteiger partial charge in [0.25, 0.3) is 11.6 Å². The van der Waals surface area contributed by atoms with Gasteiger partial charge in [-0.05, 0) is 54.7 Å². The molecular weight excluding hydrogens is 430 g/mol. The van der Waals surface area contributed by atoms with Gasteiger partial charge in [0, 0.05) is 30.4 Å². The number of nitrogens with one attached hydrogen (secondary N) is 1. The van der Waals surface area contributed by atoms with E-state index in [9.17, 15) is 23.3 Å². The summed E-state index contributed by atoms with van der Waals surface area (Å²) < 4.78 is 27.4. The second-order valence-electron chi connectivity index (χ2n) is 7.67. The molecule has 1 heterocycles. The second kappa shape index (κ2) is 8.71. The maximum Gasteiger partial charge on any atom is 0.288 e. The Hall–Kier alpha value is -2.49. The highest BCUT2D eigenvalue weighted by molar-refractivity contribution is 7.89. The summed E-state index contributed by atoms with van der Waals surface area (Å²) in [6, 6.07) is 9.62. The van der Waals surface area contributed by atoms with Crippen molar-refractivity contribution in [2.45, 2.75) is 25.2 Å². The highest BCUT2D eigenvalue weighted by atomic mass is 35.5. The molecule has 2 atom stereocenters. The fourth-order valence-electron chi connectivity index (χ4n) is 3.66. The number of anilines is 1. The maximum atomic E-state index is 12.9. The van der Waals surface area contributed by atoms with E-state index in [1.807, 2.05) is 13.8 Å². The molecule has 0 bridgehead atoms. The number of carbonyl (C=O) groups excluding carboxylic acids is 1. The van der Waals surface area contributed by atoms with Gasteiger partial charge in [-0.2, -0.15) is 4.31 Å². The Bertz CT molecular complexity index is 1060. The quantitative estimate of drug-likeness (QED) is 0.542. The average Bonchev–Trinajstić information content (AvgIpc) is 2.67. The lowest BCUT2D eigenvalue weighted by atomic mass is 9.94. The van der Waals surface area contributed by atoms with E-state index in [0.29, 0.717) is 30.6 Å². The predicted molar refractivity (Wildman–Crippen MR) is 114 cm³/mol. The lowest BCUT2D eigenvalue weighted by Crippen LogP contribution is -2.42. The van der Waals surface area contributed by atoms with Crippen molar-refractivity contribution in [1.82, 2.24) is 4.31 Å². The number of benzene rings is 2. The second-order valence-corrected chi connectivity index (χ2v) is 10.0. The summed E-state index contributed by atoms with van der Waals surface area (Å²) in [4.78, 5) is 22.9. The van der Waals surface area contributed by atoms with Crippen LogP contribution in [0.25, 0.3) is 0 Å². The van der Waals surface area contributed by atoms with Crippen molar-refractivity contribution in [2.24, 2.45) is 11.8 Å². The third kappa shape index (κ3) is 4.80. The minimum atomic E-state index is -3.61. The number of carbonyl (C=O) groups is 1. The lowest BCUT2D eigenvalue weighted by molar-refractivity contribution is -0.384. The molecule has 2 aromatic carbocycles. The van der Waals surface area contributed by atoms with Gasteiger partial charge < -0.3 is 5.32 Å². The lowest BCUT2D eigenvalue weighted by Gasteiger charge is -2.34. The van der Waals surface area contributed by atoms with Crippen LogP contribution in [0.3, 0.4) is 0 Å². The van der Waals surface area contributed by atoms with E-state index in [4.69, 9.17) is 11.6 Å². The van der Waals surface area contributed by atoms with Gasteiger partial charge in [-0.1, -0.05) is 25.4 Å². The molecule has 1 N–H and O–H groups in total. The molecule has 0 saturated carbocycles. The summed E-state index contributed by atoms with van der Waals surface area (Å²) in [5, 5.41) is 13.5. The minimum Gasteiger partial charge on any atom is -0.322 e. The molecule has 160 valence electrons. The Balaban J connectivity index is 1.75. The molecule has 2 aromatic rings. The van der Waals surface area contributed by atoms with Crippen LogP contribution < -0.4 is 5.32 Å². The molecule has 10 heteroatoms. The summed E-state index contributed by atoms with van der Waals surface area (Å²) in [6.07, 6.45) is 1.000. The summed E-state index contributed by atoms with van der Waals surface area (Å²) in [6.45, 7) is 5.05. The Morgan fingerprint density at radius 3 is 2.30 bits per heavy atom. The van der Waals surface area contributed by atoms with E-state index < -0.39 is 20.9 Å². The Kier molecular flexibility index (Phi) is 6.44. The first kappa shape index (κ1) is 22.2. The van der Waals surface area contributed by atoms with Crippen LogP contribution in [-0.2, 0) is 10.0 Å². The van der Waals surface area contributed by atoms with Crippen molar-refractivity contribution in [3.8, 4) is 0 Å². The fraction of sp³-hybridized carbons (Fsp3) is 0.350. The number of hydrogen-bond acceptors (Lipinski definition) is 5. The standard InChI is InChI=1S/C20H22ClN3O5S/c1-13-9-14(2)12-23(11-13)30(28,29)17-6-4-16(5-7-17)22-20(25)15-3-8-18(21)19(10-15)24(26)27/h3-8,10,13-14H,9,11-12H2,1-2H3,(H,22,25). The average molecular weight is 452 g/mol. The number of piperidine rings is 1. The van der Waals surface area contributed by atoms with E-state index >= 15 is 0 Å². The molecule has 1 amide bonds. The topological polar surface area (TPSA) is 110 Å². The number of halogens is 1. The number of nitro benzene ring substituents is 1. The smallest absolute Gasteiger partial charge is 0.288 e. The van der Waals surface area contributed by atoms with E-state index in [0.717, 1.165) is 12.5 Å². The van der Waals surface area contributed by atoms with Crippen LogP contribution in [-0.4, -0.2) is 36.6 Å². The summed E-state index contributed by atoms with van der Waals surface area (Å²) in [5.74, 6) is 0.0279. The van der Waals surface area contributed by atoms with Crippen molar-refractivity contribution < 1.29 is 18.1 Å². The largest absolute Gasteiger partial charge is 0.322 e. The summed E-state index contributed by atoms with van der Waals surface area (Å²) in [5.41, 5.74) is 0.0757. The van der Waals surface area contributed by atoms with Crippen LogP contribution in [0, 0.1) is 22.0 Å². The zero-order valence-corrected chi connectivity index (χ0v) is 18.1. The van der Waals surface area contributed by atoms with Crippen LogP contribution in [0.5, 0.6) is 0 Å². The SMILES string of the molecule is CC1CC(C)CN(S(=O)(=O)c2ccc(NC(=O)c3ccc(Cl)c([N+](=O)[O-])c3)cc2)C1. The molecule has 0 aromatic heterocycles. The highest BCUT2D eigenvalue weighted by Gasteiger charge is 2.31. The molecule has 1 aliphatic rings. The summed E-state index contributed by atoms with van der Waals surface area (Å²) >= 11 is 5.76. The number of amides is 1. The van der Waals surface area contributed by atoms with Gasteiger partial charge in [0.2, 0.25) is 10.0 Å². The molecule has 30 heavy (non-hydrogen) atoms. The molecular formula is C20H22ClN3O5S. The molecule has 2 unspecified atom stereocenters. The Morgan fingerprint density at radius 2 is 1.73 bits per heavy atom. The van der Waals surface area contributed by atoms with Gasteiger partial charge in [0.05, 0.1) is 9.82 Å². The van der Waals surface area contributed by atoms with Gasteiger partial charge >= 0.3 is 0 Å². The molecule has 3 rings (SSSR count). The van der Waals surface area contributed by atoms with Crippen molar-refractivity contribution in [3.63, 3.8) is 0 Å². The van der Waals surface area contributed by atoms with Gasteiger partial charge in [0.15, 0.2) is 0 Å².